The number of carboxylic acid groups (broad SMARTS) is 4. The molecule has 18 N–H and O–H groups in total. The number of aliphatic carboxylic acids is 4. The highest BCUT2D eigenvalue weighted by Crippen LogP contribution is 2.40. The van der Waals surface area contributed by atoms with Crippen molar-refractivity contribution in [2.24, 2.45) is 121 Å². The van der Waals surface area contributed by atoms with E-state index in [1.165, 1.54) is 25.7 Å². The van der Waals surface area contributed by atoms with E-state index in [9.17, 15) is 48.3 Å². The number of rotatable bonds is 30. The summed E-state index contributed by atoms with van der Waals surface area (Å²) in [5, 5.41) is 68.0. The average Bonchev–Trinajstić information content (AvgIpc) is 1.08. The Morgan fingerprint density at radius 2 is 0.737 bits per heavy atom. The van der Waals surface area contributed by atoms with Crippen molar-refractivity contribution in [2.75, 3.05) is 52.7 Å². The Bertz CT molecular complexity index is 2770. The van der Waals surface area contributed by atoms with Crippen LogP contribution < -0.4 is 39.3 Å². The monoisotopic (exact) mass is 1920 g/mol. The minimum Gasteiger partial charge on any atom is -0.481 e. The number of carbonyl (C=O) groups is 9. The Morgan fingerprint density at radius 1 is 0.391 bits per heavy atom. The second-order valence-corrected chi connectivity index (χ2v) is 45.9. The van der Waals surface area contributed by atoms with Crippen molar-refractivity contribution in [3.05, 3.63) is 0 Å². The summed E-state index contributed by atoms with van der Waals surface area (Å²) in [7, 11) is 0. The number of ether oxygens (including phenoxy) is 2. The van der Waals surface area contributed by atoms with Crippen molar-refractivity contribution in [1.82, 2.24) is 10.6 Å². The van der Waals surface area contributed by atoms with Crippen LogP contribution in [0.3, 0.4) is 0 Å². The first-order valence-corrected chi connectivity index (χ1v) is 45.0. The van der Waals surface area contributed by atoms with E-state index in [-0.39, 0.29) is 141 Å². The van der Waals surface area contributed by atoms with Crippen LogP contribution in [0.1, 0.15) is 490 Å². The summed E-state index contributed by atoms with van der Waals surface area (Å²) in [5.41, 5.74) is 29.2. The van der Waals surface area contributed by atoms with Gasteiger partial charge in [0.15, 0.2) is 0 Å². The predicted octanol–water partition coefficient (Wildman–Crippen LogP) is 27.3. The van der Waals surface area contributed by atoms with Gasteiger partial charge in [0.1, 0.15) is 12.6 Å². The molecule has 1 aliphatic heterocycles. The van der Waals surface area contributed by atoms with Crippen molar-refractivity contribution < 1.29 is 83.3 Å². The predicted molar refractivity (Wildman–Crippen MR) is 576 cm³/mol. The van der Waals surface area contributed by atoms with Crippen molar-refractivity contribution in [2.45, 2.75) is 502 Å². The van der Waals surface area contributed by atoms with Gasteiger partial charge in [0.25, 0.3) is 0 Å². The van der Waals surface area contributed by atoms with Crippen LogP contribution in [0.4, 0.5) is 4.79 Å². The molecule has 27 heteroatoms. The van der Waals surface area contributed by atoms with E-state index >= 15 is 0 Å². The number of aliphatic hydroxyl groups is 2. The van der Waals surface area contributed by atoms with E-state index in [1.807, 2.05) is 41.5 Å². The Balaban J connectivity index is -0.0000000630. The van der Waals surface area contributed by atoms with Crippen molar-refractivity contribution in [3.8, 4) is 0 Å². The lowest BCUT2D eigenvalue weighted by atomic mass is 9.70. The molecule has 0 aromatic rings. The fraction of sp³-hybridized carbons (Fsp3) is 0.906. The topological polar surface area (TPSA) is 485 Å². The van der Waals surface area contributed by atoms with E-state index in [1.54, 1.807) is 0 Å². The van der Waals surface area contributed by atoms with Crippen LogP contribution in [0.5, 0.6) is 0 Å². The summed E-state index contributed by atoms with van der Waals surface area (Å²) in [4.78, 5) is 93.0. The molecule has 6 amide bonds. The first-order valence-electron chi connectivity index (χ1n) is 45.0. The summed E-state index contributed by atoms with van der Waals surface area (Å²) < 4.78 is 10.4. The van der Waals surface area contributed by atoms with Gasteiger partial charge < -0.3 is 79.4 Å². The Labute approximate surface area is 825 Å². The smallest absolute Gasteiger partial charge is 0.320 e. The molecule has 0 aromatic heterocycles. The second kappa shape index (κ2) is 90.0. The van der Waals surface area contributed by atoms with Crippen LogP contribution in [0, 0.1) is 77.3 Å². The van der Waals surface area contributed by atoms with E-state index in [2.05, 4.69) is 213 Å². The molecule has 0 aromatic carbocycles. The van der Waals surface area contributed by atoms with Crippen LogP contribution in [-0.4, -0.2) is 155 Å². The van der Waals surface area contributed by atoms with Crippen LogP contribution in [-0.2, 0) is 47.8 Å². The maximum Gasteiger partial charge on any atom is 0.320 e. The Hall–Kier alpha value is -5.90. The second-order valence-electron chi connectivity index (χ2n) is 45.9. The highest BCUT2D eigenvalue weighted by Gasteiger charge is 2.33. The van der Waals surface area contributed by atoms with Crippen LogP contribution in [0.25, 0.3) is 0 Å². The number of hydrogen-bond donors (Lipinski definition) is 13. The zero-order valence-electron chi connectivity index (χ0n) is 84.2. The van der Waals surface area contributed by atoms with Gasteiger partial charge in [0.2, 0.25) is 11.8 Å². The molecular weight excluding hydrogens is 1690 g/mol. The maximum absolute atomic E-state index is 10.7. The largest absolute Gasteiger partial charge is 0.481 e. The number of amides is 6. The minimum atomic E-state index is -0.921. The summed E-state index contributed by atoms with van der Waals surface area (Å²) >= 11 is 0. The third kappa shape index (κ3) is 160. The number of carboxylic acids is 4. The molecule has 27 nitrogen and oxygen atoms in total. The molecule has 3 rings (SSSR count). The number of aliphatic hydroxyl groups excluding tert-OH is 2. The summed E-state index contributed by atoms with van der Waals surface area (Å²) in [5.74, 6) is -3.62. The third-order valence-corrected chi connectivity index (χ3v) is 18.8. The fourth-order valence-corrected chi connectivity index (χ4v) is 11.5. The van der Waals surface area contributed by atoms with E-state index < -0.39 is 47.8 Å². The molecule has 1 unspecified atom stereocenters. The minimum absolute atomic E-state index is 0. The Kier molecular flexibility index (Phi) is 117. The van der Waals surface area contributed by atoms with E-state index in [0.29, 0.717) is 101 Å². The molecule has 2 fully saturated rings. The van der Waals surface area contributed by atoms with Gasteiger partial charge in [-0.25, -0.2) is 4.79 Å². The van der Waals surface area contributed by atoms with Gasteiger partial charge in [-0.2, -0.15) is 5.11 Å². The molecule has 3 aliphatic rings. The number of primary amides is 4. The molecule has 2 aliphatic carbocycles. The van der Waals surface area contributed by atoms with Gasteiger partial charge in [-0.3, -0.25) is 38.4 Å². The van der Waals surface area contributed by atoms with Gasteiger partial charge in [0, 0.05) is 39.1 Å². The normalized spacial score (nSPS) is 14.9. The highest BCUT2D eigenvalue weighted by atomic mass is 16.5. The van der Waals surface area contributed by atoms with Gasteiger partial charge in [-0.05, 0) is 218 Å². The van der Waals surface area contributed by atoms with Gasteiger partial charge in [-0.15, -0.1) is 5.10 Å². The molecule has 1 heterocycles. The fourth-order valence-electron chi connectivity index (χ4n) is 11.5. The first-order chi connectivity index (χ1) is 54.8. The van der Waals surface area contributed by atoms with Crippen molar-refractivity contribution >= 4 is 59.2 Å². The van der Waals surface area contributed by atoms with Crippen molar-refractivity contribution in [3.63, 3.8) is 0 Å². The van der Waals surface area contributed by atoms with E-state index in [4.69, 9.17) is 63.7 Å². The molecule has 814 valence electrons. The SMILES string of the molecule is C.C.C.C.C.C.C.C.C.C.C.CC(C)(C)C1CCC(C(=O)O)CC1.CC(C)(C)C1CCC(O)CC1.CC(C)(C)CC(=O)O.CC(C)(C)CC(N)=O.CC(C)(C)CCCC(N)=O.CC(C)(C)CCCC1=NN=NC1.CC(C)(C)CCCCC(N)C(=O)O.CC(C)(C)CCCNC(=O)C(N)=O.CC(C)(C)CCCNC(N)=O.CC(C)(C)CCCO.CC(C)(C)CCOCCOCCC(=O)O. The van der Waals surface area contributed by atoms with Gasteiger partial charge in [-0.1, -0.05) is 323 Å². The summed E-state index contributed by atoms with van der Waals surface area (Å²) in [6, 6.07) is -1.11. The molecule has 1 atom stereocenters. The van der Waals surface area contributed by atoms with Crippen LogP contribution in [0.15, 0.2) is 15.4 Å². The molecule has 0 radical (unpaired) electrons. The highest BCUT2D eigenvalue weighted by molar-refractivity contribution is 6.34. The lowest BCUT2D eigenvalue weighted by Gasteiger charge is -2.35. The number of nitrogens with two attached hydrogens (primary N) is 5. The lowest BCUT2D eigenvalue weighted by Crippen LogP contribution is -2.36. The van der Waals surface area contributed by atoms with Gasteiger partial charge >= 0.3 is 41.7 Å². The number of nitrogens with one attached hydrogen (secondary N) is 2. The number of hydrogen-bond acceptors (Lipinski definition) is 17. The molecule has 0 bridgehead atoms. The standard InChI is InChI=1S/C11H22O4.C11H20O2.C10H21NO2.C10H20O.C9H17N3.C9H18N2O2.C8H18N2O.C8H17NO.C7H16O.C6H13NO.C6H12O2.11CH4/c1-11(2,3)5-7-15-9-8-14-6-4-10(12)13;1-11(2,3)9-6-4-8(5-7-9)10(12)13;1-10(2,3)7-5-4-6-8(11)9(12)13;1-10(2,3)8-4-6-9(11)7-5-8;1-9(2,3)6-4-5-8-7-10-12-11-8;1-9(2,3)5-4-6-11-8(13)7(10)12;1-8(2,3)5-4-6-10-7(9)11;1-8(2,3)6-4-5-7(9)10;1-7(2,3)5-4-6-8;2*1-6(2,3)4-5(7)8;;;;;;;;;;;/h4-9H2,1-3H3,(H,12,13);8-9H,4-7H2,1-3H3,(H,12,13);8H,4-7,11H2,1-3H3,(H,12,13);8-9,11H,4-7H2,1-3H3;4-7H2,1-3H3;4-6H2,1-3H3,(H2,10,12)(H,11,13);4-6H2,1-3H3,(H3,9,10,11);4-6H2,1-3H3,(H2,9,10);8H,4-6H2,1-3H3;4H2,1-3H3,(H2,7,8);4H2,1-3H3,(H,7,8);11*1H4. The molecular formula is C106H238N10O17. The van der Waals surface area contributed by atoms with E-state index in [0.717, 1.165) is 147 Å². The van der Waals surface area contributed by atoms with Gasteiger partial charge in [0.05, 0.1) is 50.4 Å². The zero-order valence-corrected chi connectivity index (χ0v) is 84.2. The van der Waals surface area contributed by atoms with Crippen LogP contribution in [0.2, 0.25) is 0 Å². The summed E-state index contributed by atoms with van der Waals surface area (Å²) in [6.45, 7) is 75.4. The zero-order chi connectivity index (χ0) is 97.6. The quantitative estimate of drug-likeness (QED) is 0.0235. The molecule has 0 saturated heterocycles. The Morgan fingerprint density at radius 3 is 1.01 bits per heavy atom. The number of nitrogens with zero attached hydrogens (tertiary/aromatic N) is 3. The van der Waals surface area contributed by atoms with Crippen molar-refractivity contribution in [1.29, 1.82) is 0 Å². The molecule has 133 heavy (non-hydrogen) atoms. The number of urea groups is 1. The maximum atomic E-state index is 10.7. The van der Waals surface area contributed by atoms with Crippen LogP contribution >= 0.6 is 0 Å². The number of unbranched alkanes of at least 4 members (excludes halogenated alkanes) is 1. The average molecular weight is 1930 g/mol. The molecule has 0 spiro atoms. The third-order valence-electron chi connectivity index (χ3n) is 18.8. The molecule has 2 saturated carbocycles. The first kappa shape index (κ1) is 173. The lowest BCUT2D eigenvalue weighted by molar-refractivity contribution is -0.143. The number of carbonyl (C=O) groups excluding carboxylic acids is 5. The summed E-state index contributed by atoms with van der Waals surface area (Å²) in [6.07, 6.45) is 25.9.